The normalized spacial score (nSPS) is 12.9. The zero-order valence-corrected chi connectivity index (χ0v) is 13.6. The third kappa shape index (κ3) is 3.90. The zero-order chi connectivity index (χ0) is 18.0. The Hall–Kier alpha value is -2.61. The van der Waals surface area contributed by atoms with Crippen LogP contribution in [-0.2, 0) is 22.0 Å². The number of carbonyl (C=O) groups is 1. The van der Waals surface area contributed by atoms with Gasteiger partial charge in [-0.3, -0.25) is 4.79 Å². The van der Waals surface area contributed by atoms with Crippen LogP contribution in [0.5, 0.6) is 0 Å². The minimum atomic E-state index is -4.81. The molecule has 0 aliphatic heterocycles. The van der Waals surface area contributed by atoms with E-state index < -0.39 is 16.3 Å². The van der Waals surface area contributed by atoms with Gasteiger partial charge in [0.25, 0.3) is 0 Å². The number of carbonyl (C=O) groups excluding carboxylic acids is 1. The number of anilines is 1. The first-order chi connectivity index (χ1) is 11.8. The smallest absolute Gasteiger partial charge is 0.361 e. The molecule has 0 aliphatic carbocycles. The second kappa shape index (κ2) is 6.72. The lowest BCUT2D eigenvalue weighted by molar-refractivity contribution is -0.115. The molecule has 1 amide bonds. The molecule has 0 radical (unpaired) electrons. The van der Waals surface area contributed by atoms with Crippen molar-refractivity contribution in [1.82, 2.24) is 4.98 Å². The molecule has 3 aromatic rings. The van der Waals surface area contributed by atoms with Crippen LogP contribution in [0.15, 0.2) is 59.6 Å². The van der Waals surface area contributed by atoms with Crippen molar-refractivity contribution < 1.29 is 22.2 Å². The van der Waals surface area contributed by atoms with Crippen molar-refractivity contribution in [3.63, 3.8) is 0 Å². The van der Waals surface area contributed by atoms with E-state index in [1.807, 2.05) is 24.3 Å². The Kier molecular flexibility index (Phi) is 4.63. The summed E-state index contributed by atoms with van der Waals surface area (Å²) in [7, 11) is -3.08. The Bertz CT molecular complexity index is 933. The molecule has 2 N–H and O–H groups in total. The van der Waals surface area contributed by atoms with Gasteiger partial charge in [-0.25, -0.2) is 4.21 Å². The third-order valence-corrected chi connectivity index (χ3v) is 4.71. The maximum Gasteiger partial charge on any atom is 0.475 e. The number of nitrogens with one attached hydrogen (secondary N) is 2. The predicted octanol–water partition coefficient (Wildman–Crippen LogP) is 3.98. The highest BCUT2D eigenvalue weighted by Crippen LogP contribution is 2.27. The Morgan fingerprint density at radius 2 is 1.76 bits per heavy atom. The lowest BCUT2D eigenvalue weighted by atomic mass is 10.1. The van der Waals surface area contributed by atoms with E-state index >= 15 is 0 Å². The minimum absolute atomic E-state index is 0.125. The molecular formula is C17H13F3N2O2S. The molecule has 0 unspecified atom stereocenters. The van der Waals surface area contributed by atoms with E-state index in [1.54, 1.807) is 6.20 Å². The van der Waals surface area contributed by atoms with E-state index in [0.29, 0.717) is 5.69 Å². The summed E-state index contributed by atoms with van der Waals surface area (Å²) in [6.45, 7) is 0. The van der Waals surface area contributed by atoms with Crippen LogP contribution < -0.4 is 5.32 Å². The fourth-order valence-corrected chi connectivity index (χ4v) is 3.10. The number of hydrogen-bond acceptors (Lipinski definition) is 2. The number of H-pyrrole nitrogens is 1. The standard InChI is InChI=1S/C17H13F3N2O2S/c18-17(19,20)25(24)13-7-5-12(6-8-13)22-16(23)9-11-10-21-15-4-2-1-3-14(11)15/h1-8,10,21H,9H2,(H,22,23)/t25-/m1/s1. The molecule has 0 saturated carbocycles. The first-order valence-electron chi connectivity index (χ1n) is 7.28. The summed E-state index contributed by atoms with van der Waals surface area (Å²) < 4.78 is 48.5. The molecule has 3 rings (SSSR count). The Morgan fingerprint density at radius 1 is 1.08 bits per heavy atom. The summed E-state index contributed by atoms with van der Waals surface area (Å²) >= 11 is 0. The number of fused-ring (bicyclic) bond motifs is 1. The number of rotatable bonds is 4. The van der Waals surface area contributed by atoms with Gasteiger partial charge in [-0.05, 0) is 35.9 Å². The van der Waals surface area contributed by atoms with Crippen LogP contribution in [0.1, 0.15) is 5.56 Å². The number of amides is 1. The van der Waals surface area contributed by atoms with Gasteiger partial charge in [0.1, 0.15) is 0 Å². The predicted molar refractivity (Wildman–Crippen MR) is 89.5 cm³/mol. The Labute approximate surface area is 143 Å². The number of aromatic nitrogens is 1. The molecule has 1 aromatic heterocycles. The number of aromatic amines is 1. The second-order valence-corrected chi connectivity index (χ2v) is 6.80. The molecule has 1 heterocycles. The third-order valence-electron chi connectivity index (χ3n) is 3.59. The van der Waals surface area contributed by atoms with Crippen molar-refractivity contribution in [2.75, 3.05) is 5.32 Å². The monoisotopic (exact) mass is 366 g/mol. The van der Waals surface area contributed by atoms with Crippen molar-refractivity contribution >= 4 is 33.3 Å². The van der Waals surface area contributed by atoms with E-state index in [-0.39, 0.29) is 17.2 Å². The highest BCUT2D eigenvalue weighted by molar-refractivity contribution is 7.86. The van der Waals surface area contributed by atoms with Gasteiger partial charge in [-0.1, -0.05) is 18.2 Å². The first kappa shape index (κ1) is 17.2. The maximum absolute atomic E-state index is 12.4. The molecule has 8 heteroatoms. The van der Waals surface area contributed by atoms with E-state index in [0.717, 1.165) is 28.6 Å². The summed E-state index contributed by atoms with van der Waals surface area (Å²) in [6.07, 6.45) is 1.88. The van der Waals surface area contributed by atoms with Crippen molar-refractivity contribution in [3.05, 3.63) is 60.3 Å². The van der Waals surface area contributed by atoms with Crippen molar-refractivity contribution in [3.8, 4) is 0 Å². The van der Waals surface area contributed by atoms with Crippen molar-refractivity contribution in [2.45, 2.75) is 16.8 Å². The second-order valence-electron chi connectivity index (χ2n) is 5.32. The lowest BCUT2D eigenvalue weighted by Crippen LogP contribution is -2.17. The van der Waals surface area contributed by atoms with Crippen molar-refractivity contribution in [2.24, 2.45) is 0 Å². The van der Waals surface area contributed by atoms with Crippen LogP contribution in [0.2, 0.25) is 0 Å². The molecule has 0 saturated heterocycles. The number of benzene rings is 2. The van der Waals surface area contributed by atoms with E-state index in [1.165, 1.54) is 12.1 Å². The molecule has 4 nitrogen and oxygen atoms in total. The van der Waals surface area contributed by atoms with Crippen LogP contribution in [0.3, 0.4) is 0 Å². The molecule has 0 bridgehead atoms. The lowest BCUT2D eigenvalue weighted by Gasteiger charge is -2.08. The summed E-state index contributed by atoms with van der Waals surface area (Å²) in [5, 5.41) is 3.56. The number of alkyl halides is 3. The molecule has 1 atom stereocenters. The average Bonchev–Trinajstić information content (AvgIpc) is 2.97. The van der Waals surface area contributed by atoms with Crippen LogP contribution in [-0.4, -0.2) is 20.6 Å². The Morgan fingerprint density at radius 3 is 2.44 bits per heavy atom. The van der Waals surface area contributed by atoms with E-state index in [2.05, 4.69) is 10.3 Å². The van der Waals surface area contributed by atoms with Crippen LogP contribution in [0, 0.1) is 0 Å². The highest BCUT2D eigenvalue weighted by Gasteiger charge is 2.37. The minimum Gasteiger partial charge on any atom is -0.361 e. The van der Waals surface area contributed by atoms with Crippen LogP contribution >= 0.6 is 0 Å². The van der Waals surface area contributed by atoms with Crippen LogP contribution in [0.25, 0.3) is 10.9 Å². The van der Waals surface area contributed by atoms with Gasteiger partial charge in [-0.15, -0.1) is 0 Å². The summed E-state index contributed by atoms with van der Waals surface area (Å²) in [6, 6.07) is 12.3. The van der Waals surface area contributed by atoms with Gasteiger partial charge in [0.2, 0.25) is 5.91 Å². The first-order valence-corrected chi connectivity index (χ1v) is 8.43. The van der Waals surface area contributed by atoms with Gasteiger partial charge in [0, 0.05) is 27.7 Å². The molecule has 2 aromatic carbocycles. The number of hydrogen-bond donors (Lipinski definition) is 2. The van der Waals surface area contributed by atoms with Gasteiger partial charge < -0.3 is 10.3 Å². The molecule has 130 valence electrons. The summed E-state index contributed by atoms with van der Waals surface area (Å²) in [4.78, 5) is 14.8. The van der Waals surface area contributed by atoms with Gasteiger partial charge in [0.15, 0.2) is 10.8 Å². The van der Waals surface area contributed by atoms with Gasteiger partial charge in [0.05, 0.1) is 6.42 Å². The van der Waals surface area contributed by atoms with Crippen molar-refractivity contribution in [1.29, 1.82) is 0 Å². The Balaban J connectivity index is 1.68. The summed E-state index contributed by atoms with van der Waals surface area (Å²) in [5.74, 6) is -0.297. The topological polar surface area (TPSA) is 62.0 Å². The van der Waals surface area contributed by atoms with Gasteiger partial charge in [-0.2, -0.15) is 13.2 Å². The fraction of sp³-hybridized carbons (Fsp3) is 0.118. The largest absolute Gasteiger partial charge is 0.475 e. The molecular weight excluding hydrogens is 353 g/mol. The zero-order valence-electron chi connectivity index (χ0n) is 12.8. The van der Waals surface area contributed by atoms with Crippen LogP contribution in [0.4, 0.5) is 18.9 Å². The van der Waals surface area contributed by atoms with Gasteiger partial charge >= 0.3 is 5.51 Å². The SMILES string of the molecule is O=C(Cc1c[nH]c2ccccc12)Nc1ccc([S@@](=O)C(F)(F)F)cc1. The number of halogens is 3. The molecule has 0 fully saturated rings. The maximum atomic E-state index is 12.4. The highest BCUT2D eigenvalue weighted by atomic mass is 32.2. The van der Waals surface area contributed by atoms with E-state index in [9.17, 15) is 22.2 Å². The number of para-hydroxylation sites is 1. The molecule has 25 heavy (non-hydrogen) atoms. The van der Waals surface area contributed by atoms with E-state index in [4.69, 9.17) is 0 Å². The summed E-state index contributed by atoms with van der Waals surface area (Å²) in [5.41, 5.74) is -2.72. The molecule has 0 spiro atoms. The fourth-order valence-electron chi connectivity index (χ4n) is 2.45. The quantitative estimate of drug-likeness (QED) is 0.734. The average molecular weight is 366 g/mol. The molecule has 0 aliphatic rings.